The first-order valence-electron chi connectivity index (χ1n) is 8.77. The molecule has 0 aliphatic rings. The van der Waals surface area contributed by atoms with Gasteiger partial charge in [0.25, 0.3) is 5.91 Å². The Kier molecular flexibility index (Phi) is 8.29. The second-order valence-electron chi connectivity index (χ2n) is 5.68. The maximum atomic E-state index is 12.4. The molecule has 2 N–H and O–H groups in total. The lowest BCUT2D eigenvalue weighted by Gasteiger charge is -2.08. The number of hydrogen-bond donors (Lipinski definition) is 2. The maximum absolute atomic E-state index is 12.4. The zero-order valence-corrected chi connectivity index (χ0v) is 17.0. The fraction of sp³-hybridized carbons (Fsp3) is 0.471. The highest BCUT2D eigenvalue weighted by Crippen LogP contribution is 2.18. The van der Waals surface area contributed by atoms with Gasteiger partial charge in [-0.3, -0.25) is 10.1 Å². The summed E-state index contributed by atoms with van der Waals surface area (Å²) in [7, 11) is -3.64. The molecule has 0 radical (unpaired) electrons. The average Bonchev–Trinajstić information content (AvgIpc) is 3.09. The van der Waals surface area contributed by atoms with E-state index in [2.05, 4.69) is 20.2 Å². The number of amides is 1. The molecule has 1 aromatic carbocycles. The first-order chi connectivity index (χ1) is 13.0. The number of hydrogen-bond acceptors (Lipinski definition) is 7. The van der Waals surface area contributed by atoms with Crippen LogP contribution in [-0.4, -0.2) is 44.3 Å². The van der Waals surface area contributed by atoms with Crippen LogP contribution in [0.1, 0.15) is 42.1 Å². The maximum Gasteiger partial charge on any atom is 0.257 e. The summed E-state index contributed by atoms with van der Waals surface area (Å²) in [4.78, 5) is 12.5. The third-order valence-corrected chi connectivity index (χ3v) is 5.94. The molecule has 27 heavy (non-hydrogen) atoms. The number of carbonyl (C=O) groups is 1. The Hall–Kier alpha value is -1.88. The smallest absolute Gasteiger partial charge is 0.257 e. The molecule has 0 aliphatic heterocycles. The summed E-state index contributed by atoms with van der Waals surface area (Å²) in [5, 5.41) is 11.7. The Labute approximate surface area is 163 Å². The summed E-state index contributed by atoms with van der Waals surface area (Å²) in [5.74, 6) is -0.437. The van der Waals surface area contributed by atoms with Gasteiger partial charge in [0.15, 0.2) is 0 Å². The Morgan fingerprint density at radius 2 is 2.07 bits per heavy atom. The predicted octanol–water partition coefficient (Wildman–Crippen LogP) is 2.45. The van der Waals surface area contributed by atoms with Crippen LogP contribution in [0.2, 0.25) is 0 Å². The fourth-order valence-corrected chi connectivity index (χ4v) is 3.98. The zero-order chi connectivity index (χ0) is 19.7. The van der Waals surface area contributed by atoms with Gasteiger partial charge >= 0.3 is 0 Å². The van der Waals surface area contributed by atoms with E-state index in [9.17, 15) is 13.2 Å². The van der Waals surface area contributed by atoms with Gasteiger partial charge in [0.1, 0.15) is 5.01 Å². The van der Waals surface area contributed by atoms with E-state index >= 15 is 0 Å². The molecule has 1 aromatic heterocycles. The Balaban J connectivity index is 2.02. The van der Waals surface area contributed by atoms with Crippen molar-refractivity contribution in [3.63, 3.8) is 0 Å². The minimum absolute atomic E-state index is 0.0564. The lowest BCUT2D eigenvalue weighted by molar-refractivity contribution is 0.102. The molecule has 0 unspecified atom stereocenters. The highest BCUT2D eigenvalue weighted by Gasteiger charge is 2.16. The van der Waals surface area contributed by atoms with Gasteiger partial charge in [0.05, 0.1) is 11.5 Å². The minimum Gasteiger partial charge on any atom is -0.381 e. The van der Waals surface area contributed by atoms with E-state index < -0.39 is 15.9 Å². The van der Waals surface area contributed by atoms with Crippen LogP contribution in [0.5, 0.6) is 0 Å². The van der Waals surface area contributed by atoms with E-state index in [1.54, 1.807) is 6.07 Å². The van der Waals surface area contributed by atoms with Crippen molar-refractivity contribution in [3.8, 4) is 0 Å². The number of carbonyl (C=O) groups excluding carboxylic acids is 1. The number of anilines is 1. The van der Waals surface area contributed by atoms with Crippen LogP contribution < -0.4 is 10.0 Å². The summed E-state index contributed by atoms with van der Waals surface area (Å²) in [6, 6.07) is 5.90. The number of sulfonamides is 1. The van der Waals surface area contributed by atoms with E-state index in [0.717, 1.165) is 17.8 Å². The lowest BCUT2D eigenvalue weighted by Crippen LogP contribution is -2.25. The highest BCUT2D eigenvalue weighted by molar-refractivity contribution is 7.89. The Bertz CT molecular complexity index is 852. The highest BCUT2D eigenvalue weighted by atomic mass is 32.2. The number of nitrogens with one attached hydrogen (secondary N) is 2. The fourth-order valence-electron chi connectivity index (χ4n) is 2.15. The standard InChI is InChI=1S/C17H24N4O4S2/c1-3-5-10-18-27(23,24)14-8-6-7-13(12-14)16(22)19-17-21-20-15(26-17)9-11-25-4-2/h6-8,12,18H,3-5,9-11H2,1-2H3,(H,19,21,22). The van der Waals surface area contributed by atoms with E-state index in [4.69, 9.17) is 4.74 Å². The van der Waals surface area contributed by atoms with Crippen molar-refractivity contribution < 1.29 is 17.9 Å². The zero-order valence-electron chi connectivity index (χ0n) is 15.4. The Morgan fingerprint density at radius 3 is 2.81 bits per heavy atom. The molecule has 8 nitrogen and oxygen atoms in total. The van der Waals surface area contributed by atoms with Crippen LogP contribution >= 0.6 is 11.3 Å². The molecule has 0 saturated heterocycles. The molecular weight excluding hydrogens is 388 g/mol. The van der Waals surface area contributed by atoms with Crippen LogP contribution in [0.4, 0.5) is 5.13 Å². The molecule has 0 aliphatic carbocycles. The van der Waals surface area contributed by atoms with E-state index in [1.165, 1.54) is 29.5 Å². The molecule has 1 amide bonds. The molecule has 0 bridgehead atoms. The predicted molar refractivity (Wildman–Crippen MR) is 105 cm³/mol. The summed E-state index contributed by atoms with van der Waals surface area (Å²) in [6.07, 6.45) is 2.26. The van der Waals surface area contributed by atoms with Crippen molar-refractivity contribution in [2.45, 2.75) is 38.0 Å². The van der Waals surface area contributed by atoms with Crippen molar-refractivity contribution in [1.82, 2.24) is 14.9 Å². The van der Waals surface area contributed by atoms with Crippen LogP contribution in [0.3, 0.4) is 0 Å². The van der Waals surface area contributed by atoms with Crippen LogP contribution in [0.15, 0.2) is 29.2 Å². The van der Waals surface area contributed by atoms with Gasteiger partial charge in [0.2, 0.25) is 15.2 Å². The van der Waals surface area contributed by atoms with Crippen molar-refractivity contribution in [3.05, 3.63) is 34.8 Å². The summed E-state index contributed by atoms with van der Waals surface area (Å²) in [5.41, 5.74) is 0.236. The third kappa shape index (κ3) is 6.65. The number of benzene rings is 1. The first kappa shape index (κ1) is 21.4. The largest absolute Gasteiger partial charge is 0.381 e. The molecule has 2 aromatic rings. The second-order valence-corrected chi connectivity index (χ2v) is 8.51. The molecule has 10 heteroatoms. The molecule has 0 saturated carbocycles. The number of ether oxygens (including phenoxy) is 1. The van der Waals surface area contributed by atoms with Crippen LogP contribution in [-0.2, 0) is 21.2 Å². The Morgan fingerprint density at radius 1 is 1.26 bits per heavy atom. The van der Waals surface area contributed by atoms with Gasteiger partial charge in [-0.1, -0.05) is 30.7 Å². The molecular formula is C17H24N4O4S2. The molecule has 0 atom stereocenters. The van der Waals surface area contributed by atoms with Gasteiger partial charge in [0, 0.05) is 25.1 Å². The van der Waals surface area contributed by atoms with Gasteiger partial charge in [-0.2, -0.15) is 0 Å². The van der Waals surface area contributed by atoms with Gasteiger partial charge in [-0.05, 0) is 31.5 Å². The van der Waals surface area contributed by atoms with Crippen LogP contribution in [0.25, 0.3) is 0 Å². The SMILES string of the molecule is CCCCNS(=O)(=O)c1cccc(C(=O)Nc2nnc(CCOCC)s2)c1. The third-order valence-electron chi connectivity index (χ3n) is 3.58. The quantitative estimate of drug-likeness (QED) is 0.549. The van der Waals surface area contributed by atoms with E-state index in [-0.39, 0.29) is 10.5 Å². The molecule has 1 heterocycles. The molecule has 0 spiro atoms. The first-order valence-corrected chi connectivity index (χ1v) is 11.1. The van der Waals surface area contributed by atoms with Crippen molar-refractivity contribution >= 4 is 32.4 Å². The lowest BCUT2D eigenvalue weighted by atomic mass is 10.2. The van der Waals surface area contributed by atoms with E-state index in [1.807, 2.05) is 13.8 Å². The normalized spacial score (nSPS) is 11.5. The monoisotopic (exact) mass is 412 g/mol. The van der Waals surface area contributed by atoms with Gasteiger partial charge in [-0.15, -0.1) is 10.2 Å². The van der Waals surface area contributed by atoms with Gasteiger partial charge in [-0.25, -0.2) is 13.1 Å². The molecule has 2 rings (SSSR count). The van der Waals surface area contributed by atoms with Gasteiger partial charge < -0.3 is 4.74 Å². The summed E-state index contributed by atoms with van der Waals surface area (Å²) >= 11 is 1.26. The topological polar surface area (TPSA) is 110 Å². The second kappa shape index (κ2) is 10.5. The summed E-state index contributed by atoms with van der Waals surface area (Å²) < 4.78 is 32.4. The van der Waals surface area contributed by atoms with E-state index in [0.29, 0.717) is 31.3 Å². The molecule has 0 fully saturated rings. The average molecular weight is 413 g/mol. The van der Waals surface area contributed by atoms with Crippen molar-refractivity contribution in [1.29, 1.82) is 0 Å². The number of nitrogens with zero attached hydrogens (tertiary/aromatic N) is 2. The van der Waals surface area contributed by atoms with Crippen molar-refractivity contribution in [2.75, 3.05) is 25.1 Å². The summed E-state index contributed by atoms with van der Waals surface area (Å²) in [6.45, 7) is 5.44. The van der Waals surface area contributed by atoms with Crippen LogP contribution in [0, 0.1) is 0 Å². The molecule has 148 valence electrons. The number of rotatable bonds is 11. The number of unbranched alkanes of at least 4 members (excludes halogenated alkanes) is 1. The number of aromatic nitrogens is 2. The minimum atomic E-state index is -3.64. The van der Waals surface area contributed by atoms with Crippen molar-refractivity contribution in [2.24, 2.45) is 0 Å².